The van der Waals surface area contributed by atoms with Gasteiger partial charge >= 0.3 is 18.3 Å². The van der Waals surface area contributed by atoms with Crippen molar-refractivity contribution < 1.29 is 64.1 Å². The van der Waals surface area contributed by atoms with Crippen LogP contribution in [0, 0.1) is 5.82 Å². The van der Waals surface area contributed by atoms with Crippen molar-refractivity contribution >= 4 is 12.0 Å². The lowest BCUT2D eigenvalue weighted by Crippen LogP contribution is -2.46. The third-order valence-corrected chi connectivity index (χ3v) is 6.09. The molecule has 46 heavy (non-hydrogen) atoms. The number of rotatable bonds is 11. The normalized spacial score (nSPS) is 18.2. The smallest absolute Gasteiger partial charge is 0.475 e. The van der Waals surface area contributed by atoms with Crippen LogP contribution in [0.5, 0.6) is 5.88 Å². The molecule has 0 radical (unpaired) electrons. The minimum absolute atomic E-state index is 0.131. The molecule has 252 valence electrons. The summed E-state index contributed by atoms with van der Waals surface area (Å²) in [4.78, 5) is 20.7. The van der Waals surface area contributed by atoms with Gasteiger partial charge in [0, 0.05) is 30.2 Å². The van der Waals surface area contributed by atoms with Crippen molar-refractivity contribution in [2.24, 2.45) is 10.7 Å². The maximum Gasteiger partial charge on any atom is 0.490 e. The van der Waals surface area contributed by atoms with E-state index in [2.05, 4.69) is 20.1 Å². The topological polar surface area (TPSA) is 164 Å². The predicted molar refractivity (Wildman–Crippen MR) is 144 cm³/mol. The molecule has 2 aromatic heterocycles. The van der Waals surface area contributed by atoms with Crippen LogP contribution < -0.4 is 10.5 Å². The van der Waals surface area contributed by atoms with Gasteiger partial charge in [0.25, 0.3) is 6.02 Å². The molecule has 12 nitrogen and oxygen atoms in total. The van der Waals surface area contributed by atoms with Crippen molar-refractivity contribution in [2.45, 2.75) is 44.3 Å². The predicted octanol–water partition coefficient (Wildman–Crippen LogP) is 4.88. The molecule has 0 saturated heterocycles. The maximum absolute atomic E-state index is 14.8. The molecule has 3 heterocycles. The van der Waals surface area contributed by atoms with Gasteiger partial charge in [0.15, 0.2) is 11.8 Å². The number of aromatic nitrogens is 3. The van der Waals surface area contributed by atoms with Crippen LogP contribution >= 0.6 is 0 Å². The number of aliphatic imine (C=N–C) groups is 1. The summed E-state index contributed by atoms with van der Waals surface area (Å²) >= 11 is 0. The zero-order valence-electron chi connectivity index (χ0n) is 24.2. The first-order chi connectivity index (χ1) is 21.5. The Hall–Kier alpha value is -4.52. The summed E-state index contributed by atoms with van der Waals surface area (Å²) in [5.74, 6) is -3.00. The van der Waals surface area contributed by atoms with Crippen LogP contribution in [-0.4, -0.2) is 83.7 Å². The van der Waals surface area contributed by atoms with Crippen molar-refractivity contribution in [1.82, 2.24) is 15.1 Å². The highest BCUT2D eigenvalue weighted by molar-refractivity contribution is 5.74. The van der Waals surface area contributed by atoms with Gasteiger partial charge in [-0.3, -0.25) is 0 Å². The van der Waals surface area contributed by atoms with Gasteiger partial charge in [-0.05, 0) is 32.0 Å². The van der Waals surface area contributed by atoms with E-state index in [4.69, 9.17) is 39.1 Å². The highest BCUT2D eigenvalue weighted by atomic mass is 19.4. The highest BCUT2D eigenvalue weighted by Crippen LogP contribution is 2.41. The number of amidine groups is 1. The summed E-state index contributed by atoms with van der Waals surface area (Å²) in [6, 6.07) is 2.61. The van der Waals surface area contributed by atoms with Crippen LogP contribution in [0.25, 0.3) is 22.7 Å². The number of halogens is 7. The molecule has 0 bridgehead atoms. The van der Waals surface area contributed by atoms with Gasteiger partial charge in [-0.2, -0.15) is 26.3 Å². The summed E-state index contributed by atoms with van der Waals surface area (Å²) in [5, 5.41) is 11.1. The summed E-state index contributed by atoms with van der Waals surface area (Å²) in [7, 11) is 0. The Bertz CT molecular complexity index is 1480. The molecule has 2 atom stereocenters. The lowest BCUT2D eigenvalue weighted by Gasteiger charge is -2.37. The summed E-state index contributed by atoms with van der Waals surface area (Å²) < 4.78 is 114. The average Bonchev–Trinajstić information content (AvgIpc) is 3.46. The Morgan fingerprint density at radius 1 is 1.04 bits per heavy atom. The second-order valence-electron chi connectivity index (χ2n) is 9.53. The van der Waals surface area contributed by atoms with Crippen LogP contribution in [0.4, 0.5) is 30.7 Å². The van der Waals surface area contributed by atoms with Crippen molar-refractivity contribution in [2.75, 3.05) is 33.0 Å². The number of ether oxygens (including phenoxy) is 4. The van der Waals surface area contributed by atoms with E-state index in [9.17, 15) is 30.7 Å². The number of carbonyl (C=O) groups is 1. The van der Waals surface area contributed by atoms with E-state index in [1.807, 2.05) is 6.92 Å². The van der Waals surface area contributed by atoms with Gasteiger partial charge in [0.2, 0.25) is 5.88 Å². The van der Waals surface area contributed by atoms with Crippen LogP contribution in [0.2, 0.25) is 0 Å². The van der Waals surface area contributed by atoms with Gasteiger partial charge in [0.05, 0.1) is 32.2 Å². The molecule has 1 aliphatic rings. The third-order valence-electron chi connectivity index (χ3n) is 6.09. The van der Waals surface area contributed by atoms with Crippen LogP contribution in [-0.2, 0) is 24.6 Å². The van der Waals surface area contributed by atoms with E-state index in [0.29, 0.717) is 49.3 Å². The first-order valence-electron chi connectivity index (χ1n) is 13.3. The second kappa shape index (κ2) is 15.2. The number of nitrogens with zero attached hydrogens (tertiary/aromatic N) is 4. The zero-order valence-corrected chi connectivity index (χ0v) is 24.2. The lowest BCUT2D eigenvalue weighted by atomic mass is 9.86. The number of benzene rings is 1. The van der Waals surface area contributed by atoms with Crippen molar-refractivity contribution in [1.29, 1.82) is 0 Å². The molecule has 0 fully saturated rings. The fraction of sp³-hybridized carbons (Fsp3) is 0.444. The SMILES string of the molecule is CCOCCOCCOc1cnc(-c2cc(-c3ccc(F)c([C@]4(C)C[C@@H](C(F)(F)F)N=C(N)O4)c3)on2)cn1.O=C(O)C(F)(F)F. The number of hydrogen-bond acceptors (Lipinski definition) is 11. The van der Waals surface area contributed by atoms with Gasteiger partial charge in [-0.25, -0.2) is 24.1 Å². The maximum atomic E-state index is 14.8. The quantitative estimate of drug-likeness (QED) is 0.212. The van der Waals surface area contributed by atoms with Crippen molar-refractivity contribution in [3.63, 3.8) is 0 Å². The number of aliphatic carboxylic acids is 1. The molecule has 0 spiro atoms. The Balaban J connectivity index is 0.000000738. The van der Waals surface area contributed by atoms with Gasteiger partial charge in [-0.1, -0.05) is 5.16 Å². The summed E-state index contributed by atoms with van der Waals surface area (Å²) in [6.45, 7) is 5.49. The molecule has 1 aromatic carbocycles. The van der Waals surface area contributed by atoms with E-state index < -0.39 is 48.2 Å². The first-order valence-corrected chi connectivity index (χ1v) is 13.3. The molecule has 0 aliphatic carbocycles. The van der Waals surface area contributed by atoms with E-state index >= 15 is 0 Å². The van der Waals surface area contributed by atoms with E-state index in [1.54, 1.807) is 6.07 Å². The van der Waals surface area contributed by atoms with Gasteiger partial charge in [0.1, 0.15) is 29.4 Å². The number of hydrogen-bond donors (Lipinski definition) is 2. The minimum atomic E-state index is -5.08. The monoisotopic (exact) mass is 667 g/mol. The number of alkyl halides is 6. The number of carboxylic acid groups (broad SMARTS) is 1. The highest BCUT2D eigenvalue weighted by Gasteiger charge is 2.49. The van der Waals surface area contributed by atoms with Crippen molar-refractivity contribution in [3.05, 3.63) is 48.0 Å². The molecule has 3 N–H and O–H groups in total. The molecular formula is C27H28F7N5O7. The summed E-state index contributed by atoms with van der Waals surface area (Å²) in [5.41, 5.74) is 4.74. The summed E-state index contributed by atoms with van der Waals surface area (Å²) in [6.07, 6.45) is -7.53. The van der Waals surface area contributed by atoms with Gasteiger partial charge < -0.3 is 34.3 Å². The Morgan fingerprint density at radius 3 is 2.33 bits per heavy atom. The Kier molecular flexibility index (Phi) is 11.9. The molecule has 0 saturated carbocycles. The Labute approximate surface area is 256 Å². The molecule has 0 amide bonds. The van der Waals surface area contributed by atoms with Crippen LogP contribution in [0.1, 0.15) is 25.8 Å². The molecule has 1 aliphatic heterocycles. The second-order valence-corrected chi connectivity index (χ2v) is 9.53. The third kappa shape index (κ3) is 9.99. The molecular weight excluding hydrogens is 639 g/mol. The van der Waals surface area contributed by atoms with E-state index in [0.717, 1.165) is 6.07 Å². The van der Waals surface area contributed by atoms with E-state index in [1.165, 1.54) is 31.5 Å². The fourth-order valence-electron chi connectivity index (χ4n) is 3.93. The van der Waals surface area contributed by atoms with Crippen LogP contribution in [0.3, 0.4) is 0 Å². The van der Waals surface area contributed by atoms with Crippen molar-refractivity contribution in [3.8, 4) is 28.6 Å². The first kappa shape index (κ1) is 36.0. The number of carboxylic acids is 1. The largest absolute Gasteiger partial charge is 0.490 e. The average molecular weight is 668 g/mol. The minimum Gasteiger partial charge on any atom is -0.475 e. The fourth-order valence-corrected chi connectivity index (χ4v) is 3.93. The molecule has 19 heteroatoms. The molecule has 3 aromatic rings. The lowest BCUT2D eigenvalue weighted by molar-refractivity contribution is -0.192. The standard InChI is InChI=1S/C25H27F4N5O5.C2HF3O2/c1-3-35-6-7-36-8-9-37-22-14-31-19(13-32-22)18-11-20(39-34-18)15-4-5-17(26)16(10-15)24(2)12-21(25(27,28)29)33-23(30)38-24;3-2(4,5)1(6)7/h4-5,10-11,13-14,21H,3,6-9,12H2,1-2H3,(H2,30,33);(H,6,7)/t21-,24-;/m0./s1. The van der Waals surface area contributed by atoms with Crippen LogP contribution in [0.15, 0.2) is 46.2 Å². The molecule has 0 unspecified atom stereocenters. The zero-order chi connectivity index (χ0) is 34.1. The molecule has 4 rings (SSSR count). The Morgan fingerprint density at radius 2 is 1.72 bits per heavy atom. The van der Waals surface area contributed by atoms with E-state index in [-0.39, 0.29) is 17.9 Å². The van der Waals surface area contributed by atoms with Gasteiger partial charge in [-0.15, -0.1) is 0 Å². The number of nitrogens with two attached hydrogens (primary N) is 1.